The van der Waals surface area contributed by atoms with E-state index in [1.54, 1.807) is 24.3 Å². The van der Waals surface area contributed by atoms with Crippen LogP contribution in [-0.4, -0.2) is 69.8 Å². The minimum Gasteiger partial charge on any atom is -0.379 e. The lowest BCUT2D eigenvalue weighted by atomic mass is 10.2. The summed E-state index contributed by atoms with van der Waals surface area (Å²) in [5.41, 5.74) is 0.688. The van der Waals surface area contributed by atoms with Crippen LogP contribution in [0.15, 0.2) is 47.4 Å². The third-order valence-corrected chi connectivity index (χ3v) is 7.40. The third kappa shape index (κ3) is 6.95. The van der Waals surface area contributed by atoms with Gasteiger partial charge in [0.2, 0.25) is 0 Å². The molecule has 3 rings (SSSR count). The van der Waals surface area contributed by atoms with Crippen LogP contribution in [0.4, 0.5) is 9.93 Å². The van der Waals surface area contributed by atoms with Crippen molar-refractivity contribution in [3.63, 3.8) is 0 Å². The molecule has 0 bridgehead atoms. The van der Waals surface area contributed by atoms with Gasteiger partial charge in [-0.1, -0.05) is 35.1 Å². The van der Waals surface area contributed by atoms with Gasteiger partial charge in [0.25, 0.3) is 5.91 Å². The first-order valence-electron chi connectivity index (χ1n) is 9.88. The number of anilines is 1. The smallest absolute Gasteiger partial charge is 0.327 e. The fourth-order valence-corrected chi connectivity index (χ4v) is 5.07. The molecule has 0 fully saturated rings. The molecule has 0 radical (unpaired) electrons. The molecule has 0 aliphatic rings. The van der Waals surface area contributed by atoms with E-state index >= 15 is 0 Å². The summed E-state index contributed by atoms with van der Waals surface area (Å²) in [6.07, 6.45) is 0. The quantitative estimate of drug-likeness (QED) is 0.424. The Kier molecular flexibility index (Phi) is 8.38. The second kappa shape index (κ2) is 11.0. The number of nitrogens with zero attached hydrogens (tertiary/aromatic N) is 2. The van der Waals surface area contributed by atoms with Crippen molar-refractivity contribution < 1.29 is 22.7 Å². The van der Waals surface area contributed by atoms with E-state index in [2.05, 4.69) is 15.6 Å². The average molecular weight is 511 g/mol. The standard InChI is InChI=1S/C21H23ClN4O5S2/c1-26(2)9-10-31-11-12-33(29,30)14-7-8-17-18(13-14)32-21(23-17)25-20(28)24-19(27)15-5-3-4-6-16(15)22/h3-8,13H,9-12H2,1-2H3,(H2,23,24,25,27,28). The molecule has 176 valence electrons. The number of hydrogen-bond acceptors (Lipinski definition) is 8. The predicted octanol–water partition coefficient (Wildman–Crippen LogP) is 3.26. The number of rotatable bonds is 9. The van der Waals surface area contributed by atoms with Crippen LogP contribution >= 0.6 is 22.9 Å². The molecule has 12 heteroatoms. The first kappa shape index (κ1) is 25.1. The molecule has 0 unspecified atom stereocenters. The second-order valence-electron chi connectivity index (χ2n) is 7.27. The van der Waals surface area contributed by atoms with Crippen molar-refractivity contribution in [1.82, 2.24) is 15.2 Å². The maximum atomic E-state index is 12.6. The normalized spacial score (nSPS) is 11.6. The number of fused-ring (bicyclic) bond motifs is 1. The number of ether oxygens (including phenoxy) is 1. The Morgan fingerprint density at radius 3 is 2.64 bits per heavy atom. The summed E-state index contributed by atoms with van der Waals surface area (Å²) in [5.74, 6) is -0.789. The van der Waals surface area contributed by atoms with E-state index in [1.165, 1.54) is 18.2 Å². The Bertz CT molecular complexity index is 1260. The number of carbonyl (C=O) groups excluding carboxylic acids is 2. The van der Waals surface area contributed by atoms with E-state index in [-0.39, 0.29) is 33.0 Å². The van der Waals surface area contributed by atoms with Crippen molar-refractivity contribution in [2.24, 2.45) is 0 Å². The van der Waals surface area contributed by atoms with Gasteiger partial charge in [0.1, 0.15) is 0 Å². The van der Waals surface area contributed by atoms with Gasteiger partial charge in [-0.25, -0.2) is 18.2 Å². The molecule has 0 atom stereocenters. The molecule has 0 aliphatic carbocycles. The van der Waals surface area contributed by atoms with Crippen LogP contribution in [0.5, 0.6) is 0 Å². The van der Waals surface area contributed by atoms with Crippen LogP contribution in [0.1, 0.15) is 10.4 Å². The second-order valence-corrected chi connectivity index (χ2v) is 10.8. The Morgan fingerprint density at radius 2 is 1.91 bits per heavy atom. The molecule has 3 amide bonds. The Morgan fingerprint density at radius 1 is 1.15 bits per heavy atom. The molecule has 2 N–H and O–H groups in total. The van der Waals surface area contributed by atoms with E-state index in [4.69, 9.17) is 16.3 Å². The summed E-state index contributed by atoms with van der Waals surface area (Å²) in [5, 5.41) is 5.11. The minimum atomic E-state index is -3.53. The zero-order chi connectivity index (χ0) is 24.0. The van der Waals surface area contributed by atoms with Gasteiger partial charge in [0.15, 0.2) is 15.0 Å². The molecule has 0 saturated carbocycles. The van der Waals surface area contributed by atoms with Crippen molar-refractivity contribution in [2.75, 3.05) is 44.9 Å². The highest BCUT2D eigenvalue weighted by atomic mass is 35.5. The number of aromatic nitrogens is 1. The van der Waals surface area contributed by atoms with E-state index in [1.807, 2.05) is 19.0 Å². The van der Waals surface area contributed by atoms with Crippen molar-refractivity contribution >= 4 is 60.1 Å². The molecule has 9 nitrogen and oxygen atoms in total. The molecular weight excluding hydrogens is 488 g/mol. The molecule has 33 heavy (non-hydrogen) atoms. The van der Waals surface area contributed by atoms with Gasteiger partial charge in [0.05, 0.1) is 44.7 Å². The van der Waals surface area contributed by atoms with Crippen LogP contribution in [-0.2, 0) is 14.6 Å². The number of hydrogen-bond donors (Lipinski definition) is 2. The molecule has 0 aliphatic heterocycles. The molecular formula is C21H23ClN4O5S2. The SMILES string of the molecule is CN(C)CCOCCS(=O)(=O)c1ccc2nc(NC(=O)NC(=O)c3ccccc3Cl)sc2c1. The monoisotopic (exact) mass is 510 g/mol. The summed E-state index contributed by atoms with van der Waals surface area (Å²) < 4.78 is 31.2. The van der Waals surface area contributed by atoms with Gasteiger partial charge in [-0.3, -0.25) is 15.4 Å². The number of imide groups is 1. The van der Waals surface area contributed by atoms with Crippen molar-refractivity contribution in [1.29, 1.82) is 0 Å². The number of sulfone groups is 1. The zero-order valence-electron chi connectivity index (χ0n) is 18.0. The number of benzene rings is 2. The van der Waals surface area contributed by atoms with Gasteiger partial charge in [0, 0.05) is 6.54 Å². The van der Waals surface area contributed by atoms with Crippen molar-refractivity contribution in [3.8, 4) is 0 Å². The topological polar surface area (TPSA) is 118 Å². The summed E-state index contributed by atoms with van der Waals surface area (Å²) in [7, 11) is 0.288. The maximum Gasteiger partial charge on any atom is 0.327 e. The van der Waals surface area contributed by atoms with Crippen LogP contribution in [0.25, 0.3) is 10.2 Å². The minimum absolute atomic E-state index is 0.101. The van der Waals surface area contributed by atoms with Crippen LogP contribution in [0.3, 0.4) is 0 Å². The molecule has 1 aromatic heterocycles. The third-order valence-electron chi connectivity index (χ3n) is 4.46. The van der Waals surface area contributed by atoms with Crippen LogP contribution in [0, 0.1) is 0 Å². The summed E-state index contributed by atoms with van der Waals surface area (Å²) in [6, 6.07) is 10.1. The van der Waals surface area contributed by atoms with E-state index in [0.717, 1.165) is 11.3 Å². The van der Waals surface area contributed by atoms with E-state index in [9.17, 15) is 18.0 Å². The molecule has 2 aromatic carbocycles. The largest absolute Gasteiger partial charge is 0.379 e. The number of halogens is 1. The lowest BCUT2D eigenvalue weighted by Crippen LogP contribution is -2.34. The number of amides is 3. The summed E-state index contributed by atoms with van der Waals surface area (Å²) in [4.78, 5) is 30.8. The first-order valence-corrected chi connectivity index (χ1v) is 12.7. The number of nitrogens with one attached hydrogen (secondary N) is 2. The highest BCUT2D eigenvalue weighted by molar-refractivity contribution is 7.91. The Hall–Kier alpha value is -2.57. The molecule has 0 saturated heterocycles. The number of likely N-dealkylation sites (N-methyl/N-ethyl adjacent to an activating group) is 1. The Labute approximate surface area is 200 Å². The lowest BCUT2D eigenvalue weighted by Gasteiger charge is -2.10. The fraction of sp³-hybridized carbons (Fsp3) is 0.286. The number of urea groups is 1. The average Bonchev–Trinajstić information content (AvgIpc) is 3.14. The lowest BCUT2D eigenvalue weighted by molar-refractivity contribution is 0.0967. The maximum absolute atomic E-state index is 12.6. The van der Waals surface area contributed by atoms with Gasteiger partial charge >= 0.3 is 6.03 Å². The number of thiazole rings is 1. The molecule has 3 aromatic rings. The van der Waals surface area contributed by atoms with Crippen LogP contribution < -0.4 is 10.6 Å². The van der Waals surface area contributed by atoms with Gasteiger partial charge in [-0.15, -0.1) is 0 Å². The van der Waals surface area contributed by atoms with Gasteiger partial charge < -0.3 is 9.64 Å². The Balaban J connectivity index is 1.62. The fourth-order valence-electron chi connectivity index (χ4n) is 2.73. The van der Waals surface area contributed by atoms with Crippen molar-refractivity contribution in [3.05, 3.63) is 53.1 Å². The predicted molar refractivity (Wildman–Crippen MR) is 129 cm³/mol. The van der Waals surface area contributed by atoms with Crippen LogP contribution in [0.2, 0.25) is 5.02 Å². The highest BCUT2D eigenvalue weighted by Crippen LogP contribution is 2.28. The van der Waals surface area contributed by atoms with Crippen molar-refractivity contribution in [2.45, 2.75) is 4.90 Å². The number of carbonyl (C=O) groups is 2. The highest BCUT2D eigenvalue weighted by Gasteiger charge is 2.18. The molecule has 1 heterocycles. The zero-order valence-corrected chi connectivity index (χ0v) is 20.4. The summed E-state index contributed by atoms with van der Waals surface area (Å²) in [6.45, 7) is 1.26. The first-order chi connectivity index (χ1) is 15.7. The van der Waals surface area contributed by atoms with Gasteiger partial charge in [-0.2, -0.15) is 0 Å². The van der Waals surface area contributed by atoms with E-state index < -0.39 is 21.8 Å². The molecule has 0 spiro atoms. The van der Waals surface area contributed by atoms with E-state index in [0.29, 0.717) is 23.4 Å². The summed E-state index contributed by atoms with van der Waals surface area (Å²) >= 11 is 7.06. The van der Waals surface area contributed by atoms with Gasteiger partial charge in [-0.05, 0) is 44.4 Å².